The fourth-order valence-electron chi connectivity index (χ4n) is 2.99. The second-order valence-electron chi connectivity index (χ2n) is 5.57. The van der Waals surface area contributed by atoms with Gasteiger partial charge in [0, 0.05) is 23.7 Å². The van der Waals surface area contributed by atoms with Crippen molar-refractivity contribution in [2.45, 2.75) is 32.7 Å². The average Bonchev–Trinajstić information content (AvgIpc) is 2.46. The molecular weight excluding hydrogens is 272 g/mol. The van der Waals surface area contributed by atoms with Crippen LogP contribution in [0.1, 0.15) is 35.7 Å². The van der Waals surface area contributed by atoms with Crippen molar-refractivity contribution in [2.75, 3.05) is 13.2 Å². The minimum absolute atomic E-state index is 0.0496. The number of nitrogens with zero attached hydrogens (tertiary/aromatic N) is 2. The Morgan fingerprint density at radius 3 is 2.86 bits per heavy atom. The molecule has 0 radical (unpaired) electrons. The maximum Gasteiger partial charge on any atom is 0.273 e. The van der Waals surface area contributed by atoms with Gasteiger partial charge in [-0.05, 0) is 31.7 Å². The maximum atomic E-state index is 12.7. The number of carbonyl (C=O) groups excluding carboxylic acids is 1. The molecule has 6 heteroatoms. The van der Waals surface area contributed by atoms with Crippen LogP contribution in [0.4, 0.5) is 5.69 Å². The van der Waals surface area contributed by atoms with Crippen molar-refractivity contribution < 1.29 is 14.8 Å². The molecule has 114 valence electrons. The SMILES string of the molecule is Cc1c(C(=O)N2CCCC(C)C2CO)cccc1[N+](=O)[O-]. The van der Waals surface area contributed by atoms with E-state index in [-0.39, 0.29) is 30.2 Å². The summed E-state index contributed by atoms with van der Waals surface area (Å²) in [6.07, 6.45) is 1.86. The summed E-state index contributed by atoms with van der Waals surface area (Å²) >= 11 is 0. The van der Waals surface area contributed by atoms with Crippen molar-refractivity contribution in [2.24, 2.45) is 5.92 Å². The highest BCUT2D eigenvalue weighted by molar-refractivity contribution is 5.96. The van der Waals surface area contributed by atoms with Gasteiger partial charge in [-0.25, -0.2) is 0 Å². The molecule has 2 rings (SSSR count). The van der Waals surface area contributed by atoms with E-state index in [4.69, 9.17) is 0 Å². The van der Waals surface area contributed by atoms with E-state index in [0.29, 0.717) is 17.7 Å². The lowest BCUT2D eigenvalue weighted by atomic mass is 9.90. The third-order valence-corrected chi connectivity index (χ3v) is 4.30. The molecule has 1 aliphatic heterocycles. The molecule has 1 aromatic carbocycles. The smallest absolute Gasteiger partial charge is 0.273 e. The number of nitro groups is 1. The first-order chi connectivity index (χ1) is 9.97. The molecule has 1 aromatic rings. The predicted octanol–water partition coefficient (Wildman–Crippen LogP) is 2.14. The molecule has 21 heavy (non-hydrogen) atoms. The molecule has 1 amide bonds. The monoisotopic (exact) mass is 292 g/mol. The first-order valence-electron chi connectivity index (χ1n) is 7.13. The summed E-state index contributed by atoms with van der Waals surface area (Å²) in [6.45, 7) is 4.10. The van der Waals surface area contributed by atoms with Gasteiger partial charge >= 0.3 is 0 Å². The fourth-order valence-corrected chi connectivity index (χ4v) is 2.99. The number of aliphatic hydroxyl groups is 1. The van der Waals surface area contributed by atoms with Gasteiger partial charge in [-0.15, -0.1) is 0 Å². The third-order valence-electron chi connectivity index (χ3n) is 4.30. The predicted molar refractivity (Wildman–Crippen MR) is 78.1 cm³/mol. The quantitative estimate of drug-likeness (QED) is 0.683. The van der Waals surface area contributed by atoms with E-state index in [9.17, 15) is 20.0 Å². The van der Waals surface area contributed by atoms with Crippen LogP contribution in [0.25, 0.3) is 0 Å². The molecule has 0 aliphatic carbocycles. The molecule has 1 N–H and O–H groups in total. The zero-order valence-corrected chi connectivity index (χ0v) is 12.3. The van der Waals surface area contributed by atoms with E-state index in [1.807, 2.05) is 6.92 Å². The summed E-state index contributed by atoms with van der Waals surface area (Å²) in [4.78, 5) is 24.9. The summed E-state index contributed by atoms with van der Waals surface area (Å²) in [5.41, 5.74) is 0.672. The van der Waals surface area contributed by atoms with Crippen LogP contribution < -0.4 is 0 Å². The van der Waals surface area contributed by atoms with Gasteiger partial charge in [-0.1, -0.05) is 13.0 Å². The standard InChI is InChI=1S/C15H20N2O4/c1-10-5-4-8-16(14(10)9-18)15(19)12-6-3-7-13(11(12)2)17(20)21/h3,6-7,10,14,18H,4-5,8-9H2,1-2H3. The lowest BCUT2D eigenvalue weighted by Crippen LogP contribution is -2.49. The fraction of sp³-hybridized carbons (Fsp3) is 0.533. The third kappa shape index (κ3) is 2.90. The maximum absolute atomic E-state index is 12.7. The molecule has 0 saturated carbocycles. The van der Waals surface area contributed by atoms with Gasteiger partial charge in [-0.2, -0.15) is 0 Å². The van der Waals surface area contributed by atoms with Gasteiger partial charge in [0.15, 0.2) is 0 Å². The number of likely N-dealkylation sites (tertiary alicyclic amines) is 1. The van der Waals surface area contributed by atoms with E-state index in [1.165, 1.54) is 12.1 Å². The molecular formula is C15H20N2O4. The van der Waals surface area contributed by atoms with Crippen LogP contribution in [0.3, 0.4) is 0 Å². The first kappa shape index (κ1) is 15.4. The summed E-state index contributed by atoms with van der Waals surface area (Å²) < 4.78 is 0. The molecule has 1 aliphatic rings. The lowest BCUT2D eigenvalue weighted by Gasteiger charge is -2.39. The Kier molecular flexibility index (Phi) is 4.57. The van der Waals surface area contributed by atoms with E-state index >= 15 is 0 Å². The Balaban J connectivity index is 2.35. The minimum atomic E-state index is -0.478. The van der Waals surface area contributed by atoms with Crippen LogP contribution in [0.2, 0.25) is 0 Å². The molecule has 0 bridgehead atoms. The van der Waals surface area contributed by atoms with E-state index in [0.717, 1.165) is 12.8 Å². The van der Waals surface area contributed by atoms with E-state index in [2.05, 4.69) is 0 Å². The normalized spacial score (nSPS) is 22.1. The molecule has 0 aromatic heterocycles. The van der Waals surface area contributed by atoms with Crippen LogP contribution >= 0.6 is 0 Å². The van der Waals surface area contributed by atoms with Crippen LogP contribution in [0, 0.1) is 23.0 Å². The van der Waals surface area contributed by atoms with Crippen molar-refractivity contribution in [3.8, 4) is 0 Å². The molecule has 2 atom stereocenters. The number of piperidine rings is 1. The number of carbonyl (C=O) groups is 1. The first-order valence-corrected chi connectivity index (χ1v) is 7.13. The Labute approximate surface area is 123 Å². The van der Waals surface area contributed by atoms with Gasteiger partial charge in [-0.3, -0.25) is 14.9 Å². The highest BCUT2D eigenvalue weighted by atomic mass is 16.6. The van der Waals surface area contributed by atoms with Crippen molar-refractivity contribution in [1.82, 2.24) is 4.90 Å². The van der Waals surface area contributed by atoms with Crippen LogP contribution in [0.15, 0.2) is 18.2 Å². The highest BCUT2D eigenvalue weighted by Gasteiger charge is 2.33. The van der Waals surface area contributed by atoms with Crippen molar-refractivity contribution in [3.63, 3.8) is 0 Å². The highest BCUT2D eigenvalue weighted by Crippen LogP contribution is 2.27. The lowest BCUT2D eigenvalue weighted by molar-refractivity contribution is -0.385. The van der Waals surface area contributed by atoms with E-state index in [1.54, 1.807) is 17.9 Å². The number of aliphatic hydroxyl groups excluding tert-OH is 1. The van der Waals surface area contributed by atoms with Crippen molar-refractivity contribution >= 4 is 11.6 Å². The van der Waals surface area contributed by atoms with Crippen LogP contribution in [0.5, 0.6) is 0 Å². The second-order valence-corrected chi connectivity index (χ2v) is 5.57. The van der Waals surface area contributed by atoms with E-state index < -0.39 is 4.92 Å². The molecule has 1 fully saturated rings. The second kappa shape index (κ2) is 6.22. The number of hydrogen-bond acceptors (Lipinski definition) is 4. The summed E-state index contributed by atoms with van der Waals surface area (Å²) in [7, 11) is 0. The van der Waals surface area contributed by atoms with Crippen LogP contribution in [-0.4, -0.2) is 40.0 Å². The number of amides is 1. The number of benzene rings is 1. The van der Waals surface area contributed by atoms with Gasteiger partial charge in [0.1, 0.15) is 0 Å². The van der Waals surface area contributed by atoms with Gasteiger partial charge in [0.25, 0.3) is 11.6 Å². The molecule has 2 unspecified atom stereocenters. The zero-order chi connectivity index (χ0) is 15.6. The summed E-state index contributed by atoms with van der Waals surface area (Å²) in [5.74, 6) is -0.00601. The molecule has 1 saturated heterocycles. The van der Waals surface area contributed by atoms with Gasteiger partial charge in [0.2, 0.25) is 0 Å². The molecule has 6 nitrogen and oxygen atoms in total. The molecule has 0 spiro atoms. The Morgan fingerprint density at radius 2 is 2.24 bits per heavy atom. The Hall–Kier alpha value is -1.95. The number of nitro benzene ring substituents is 1. The Morgan fingerprint density at radius 1 is 1.52 bits per heavy atom. The average molecular weight is 292 g/mol. The Bertz CT molecular complexity index is 559. The largest absolute Gasteiger partial charge is 0.394 e. The van der Waals surface area contributed by atoms with Crippen LogP contribution in [-0.2, 0) is 0 Å². The van der Waals surface area contributed by atoms with Gasteiger partial charge in [0.05, 0.1) is 17.6 Å². The topological polar surface area (TPSA) is 83.7 Å². The number of hydrogen-bond donors (Lipinski definition) is 1. The molecule has 1 heterocycles. The zero-order valence-electron chi connectivity index (χ0n) is 12.3. The minimum Gasteiger partial charge on any atom is -0.394 e. The summed E-state index contributed by atoms with van der Waals surface area (Å²) in [6, 6.07) is 4.32. The van der Waals surface area contributed by atoms with Crippen molar-refractivity contribution in [1.29, 1.82) is 0 Å². The van der Waals surface area contributed by atoms with Gasteiger partial charge < -0.3 is 10.0 Å². The number of rotatable bonds is 3. The summed E-state index contributed by atoms with van der Waals surface area (Å²) in [5, 5.41) is 20.5. The van der Waals surface area contributed by atoms with Crippen molar-refractivity contribution in [3.05, 3.63) is 39.4 Å².